The van der Waals surface area contributed by atoms with Gasteiger partial charge in [0.05, 0.1) is 24.5 Å². The summed E-state index contributed by atoms with van der Waals surface area (Å²) in [5.41, 5.74) is 1.64. The lowest BCUT2D eigenvalue weighted by molar-refractivity contribution is -0.144. The zero-order valence-electron chi connectivity index (χ0n) is 16.0. The maximum absolute atomic E-state index is 12.7. The molecule has 0 spiro atoms. The highest BCUT2D eigenvalue weighted by Gasteiger charge is 2.30. The fraction of sp³-hybridized carbons (Fsp3) is 0.300. The van der Waals surface area contributed by atoms with Crippen LogP contribution < -0.4 is 4.72 Å². The average molecular weight is 453 g/mol. The standard InChI is InChI=1S/C20H21ClN2O6S/c21-16-5-1-14(2-6-16)15-3-7-17(8-4-15)30(27,28)22-18(20(25)26)13-19(24)23-9-11-29-12-10-23/h1-8,18,22H,9-13H2,(H,25,26)/t18-/m1/s1. The Morgan fingerprint density at radius 3 is 2.10 bits per heavy atom. The van der Waals surface area contributed by atoms with E-state index in [9.17, 15) is 23.1 Å². The molecule has 1 atom stereocenters. The van der Waals surface area contributed by atoms with Gasteiger partial charge in [0.1, 0.15) is 6.04 Å². The van der Waals surface area contributed by atoms with Gasteiger partial charge >= 0.3 is 5.97 Å². The van der Waals surface area contributed by atoms with Crippen molar-refractivity contribution in [2.45, 2.75) is 17.4 Å². The van der Waals surface area contributed by atoms with Crippen molar-refractivity contribution in [3.63, 3.8) is 0 Å². The number of hydrogen-bond acceptors (Lipinski definition) is 5. The number of sulfonamides is 1. The molecule has 1 fully saturated rings. The van der Waals surface area contributed by atoms with E-state index in [0.29, 0.717) is 31.3 Å². The van der Waals surface area contributed by atoms with Crippen molar-refractivity contribution in [3.8, 4) is 11.1 Å². The van der Waals surface area contributed by atoms with Crippen LogP contribution in [0.4, 0.5) is 0 Å². The number of rotatable bonds is 7. The van der Waals surface area contributed by atoms with Gasteiger partial charge in [0.15, 0.2) is 0 Å². The molecule has 2 aromatic carbocycles. The smallest absolute Gasteiger partial charge is 0.322 e. The van der Waals surface area contributed by atoms with Crippen LogP contribution in [-0.4, -0.2) is 62.6 Å². The fourth-order valence-electron chi connectivity index (χ4n) is 3.02. The molecule has 160 valence electrons. The van der Waals surface area contributed by atoms with E-state index < -0.39 is 34.4 Å². The summed E-state index contributed by atoms with van der Waals surface area (Å²) < 4.78 is 32.6. The number of carbonyl (C=O) groups is 2. The number of carbonyl (C=O) groups excluding carboxylic acids is 1. The number of hydrogen-bond donors (Lipinski definition) is 2. The van der Waals surface area contributed by atoms with Crippen LogP contribution in [0.2, 0.25) is 5.02 Å². The Labute approximate surface area is 179 Å². The number of morpholine rings is 1. The van der Waals surface area contributed by atoms with Crippen molar-refractivity contribution in [2.24, 2.45) is 0 Å². The number of carboxylic acids is 1. The molecule has 1 heterocycles. The lowest BCUT2D eigenvalue weighted by atomic mass is 10.1. The Hall–Kier alpha value is -2.46. The van der Waals surface area contributed by atoms with E-state index in [1.165, 1.54) is 17.0 Å². The van der Waals surface area contributed by atoms with Gasteiger partial charge in [0, 0.05) is 18.1 Å². The van der Waals surface area contributed by atoms with Gasteiger partial charge in [0.2, 0.25) is 15.9 Å². The first-order valence-electron chi connectivity index (χ1n) is 9.23. The quantitative estimate of drug-likeness (QED) is 0.664. The van der Waals surface area contributed by atoms with Gasteiger partial charge in [-0.1, -0.05) is 35.9 Å². The first kappa shape index (κ1) is 22.2. The summed E-state index contributed by atoms with van der Waals surface area (Å²) >= 11 is 5.87. The predicted octanol–water partition coefficient (Wildman–Crippen LogP) is 1.99. The van der Waals surface area contributed by atoms with Crippen LogP contribution in [0.1, 0.15) is 6.42 Å². The normalized spacial score (nSPS) is 15.6. The molecule has 2 N–H and O–H groups in total. The molecular formula is C20H21ClN2O6S. The van der Waals surface area contributed by atoms with E-state index in [1.807, 2.05) is 12.1 Å². The molecule has 3 rings (SSSR count). The third kappa shape index (κ3) is 5.57. The van der Waals surface area contributed by atoms with Gasteiger partial charge in [-0.2, -0.15) is 4.72 Å². The topological polar surface area (TPSA) is 113 Å². The Morgan fingerprint density at radius 1 is 1.03 bits per heavy atom. The van der Waals surface area contributed by atoms with Crippen LogP contribution in [0.3, 0.4) is 0 Å². The second-order valence-electron chi connectivity index (χ2n) is 6.74. The second-order valence-corrected chi connectivity index (χ2v) is 8.89. The first-order valence-corrected chi connectivity index (χ1v) is 11.1. The van der Waals surface area contributed by atoms with Crippen molar-refractivity contribution >= 4 is 33.5 Å². The molecular weight excluding hydrogens is 432 g/mol. The molecule has 10 heteroatoms. The molecule has 30 heavy (non-hydrogen) atoms. The Bertz CT molecular complexity index is 1000. The molecule has 1 saturated heterocycles. The first-order chi connectivity index (χ1) is 14.3. The largest absolute Gasteiger partial charge is 0.480 e. The van der Waals surface area contributed by atoms with Gasteiger partial charge in [-0.3, -0.25) is 9.59 Å². The van der Waals surface area contributed by atoms with Crippen LogP contribution in [0.5, 0.6) is 0 Å². The van der Waals surface area contributed by atoms with Gasteiger partial charge in [-0.05, 0) is 35.4 Å². The van der Waals surface area contributed by atoms with Crippen LogP contribution in [-0.2, 0) is 24.3 Å². The number of nitrogens with one attached hydrogen (secondary N) is 1. The second kappa shape index (κ2) is 9.57. The number of ether oxygens (including phenoxy) is 1. The molecule has 1 amide bonds. The van der Waals surface area contributed by atoms with Crippen LogP contribution in [0.15, 0.2) is 53.4 Å². The molecule has 2 aromatic rings. The van der Waals surface area contributed by atoms with Crippen molar-refractivity contribution < 1.29 is 27.9 Å². The molecule has 0 saturated carbocycles. The maximum Gasteiger partial charge on any atom is 0.322 e. The summed E-state index contributed by atoms with van der Waals surface area (Å²) in [6.07, 6.45) is -0.475. The highest BCUT2D eigenvalue weighted by Crippen LogP contribution is 2.23. The molecule has 8 nitrogen and oxygen atoms in total. The summed E-state index contributed by atoms with van der Waals surface area (Å²) in [4.78, 5) is 25.3. The van der Waals surface area contributed by atoms with E-state index in [4.69, 9.17) is 16.3 Å². The Kier molecular flexibility index (Phi) is 7.09. The van der Waals surface area contributed by atoms with E-state index >= 15 is 0 Å². The lowest BCUT2D eigenvalue weighted by Crippen LogP contribution is -2.47. The monoisotopic (exact) mass is 452 g/mol. The lowest BCUT2D eigenvalue weighted by Gasteiger charge is -2.28. The molecule has 1 aliphatic rings. The minimum Gasteiger partial charge on any atom is -0.480 e. The highest BCUT2D eigenvalue weighted by molar-refractivity contribution is 7.89. The van der Waals surface area contributed by atoms with Gasteiger partial charge in [0.25, 0.3) is 0 Å². The van der Waals surface area contributed by atoms with Crippen molar-refractivity contribution in [1.82, 2.24) is 9.62 Å². The summed E-state index contributed by atoms with van der Waals surface area (Å²) in [5.74, 6) is -1.86. The molecule has 0 bridgehead atoms. The number of amides is 1. The minimum atomic E-state index is -4.13. The maximum atomic E-state index is 12.7. The van der Waals surface area contributed by atoms with Gasteiger partial charge < -0.3 is 14.7 Å². The summed E-state index contributed by atoms with van der Waals surface area (Å²) in [7, 11) is -4.13. The fourth-order valence-corrected chi connectivity index (χ4v) is 4.34. The van der Waals surface area contributed by atoms with Gasteiger partial charge in [-0.25, -0.2) is 8.42 Å². The van der Waals surface area contributed by atoms with E-state index in [0.717, 1.165) is 11.1 Å². The van der Waals surface area contributed by atoms with Crippen molar-refractivity contribution in [2.75, 3.05) is 26.3 Å². The van der Waals surface area contributed by atoms with Crippen molar-refractivity contribution in [1.29, 1.82) is 0 Å². The third-order valence-electron chi connectivity index (χ3n) is 4.68. The zero-order valence-corrected chi connectivity index (χ0v) is 17.5. The molecule has 0 unspecified atom stereocenters. The molecule has 0 aliphatic carbocycles. The minimum absolute atomic E-state index is 0.0923. The number of aliphatic carboxylic acids is 1. The highest BCUT2D eigenvalue weighted by atomic mass is 35.5. The SMILES string of the molecule is O=C(O)[C@@H](CC(=O)N1CCOCC1)NS(=O)(=O)c1ccc(-c2ccc(Cl)cc2)cc1. The summed E-state index contributed by atoms with van der Waals surface area (Å²) in [6, 6.07) is 11.5. The van der Waals surface area contributed by atoms with Crippen molar-refractivity contribution in [3.05, 3.63) is 53.6 Å². The molecule has 0 aromatic heterocycles. The predicted molar refractivity (Wildman–Crippen MR) is 111 cm³/mol. The van der Waals surface area contributed by atoms with Crippen LogP contribution in [0.25, 0.3) is 11.1 Å². The van der Waals surface area contributed by atoms with Crippen LogP contribution >= 0.6 is 11.6 Å². The summed E-state index contributed by atoms with van der Waals surface area (Å²) in [6.45, 7) is 1.44. The number of halogens is 1. The van der Waals surface area contributed by atoms with E-state index in [1.54, 1.807) is 24.3 Å². The van der Waals surface area contributed by atoms with Crippen LogP contribution in [0, 0.1) is 0 Å². The Morgan fingerprint density at radius 2 is 1.57 bits per heavy atom. The number of benzene rings is 2. The van der Waals surface area contributed by atoms with Gasteiger partial charge in [-0.15, -0.1) is 0 Å². The summed E-state index contributed by atoms with van der Waals surface area (Å²) in [5, 5.41) is 10.0. The zero-order chi connectivity index (χ0) is 21.7. The molecule has 1 aliphatic heterocycles. The van der Waals surface area contributed by atoms with E-state index in [2.05, 4.69) is 4.72 Å². The molecule has 0 radical (unpaired) electrons. The Balaban J connectivity index is 1.71. The average Bonchev–Trinajstić information content (AvgIpc) is 2.74. The number of nitrogens with zero attached hydrogens (tertiary/aromatic N) is 1. The number of carboxylic acid groups (broad SMARTS) is 1. The third-order valence-corrected chi connectivity index (χ3v) is 6.42. The van der Waals surface area contributed by atoms with E-state index in [-0.39, 0.29) is 4.90 Å².